The van der Waals surface area contributed by atoms with E-state index in [1.54, 1.807) is 4.90 Å². The lowest BCUT2D eigenvalue weighted by Gasteiger charge is -2.32. The molecule has 0 atom stereocenters. The largest absolute Gasteiger partial charge is 0.494 e. The predicted octanol–water partition coefficient (Wildman–Crippen LogP) is 3.23. The van der Waals surface area contributed by atoms with E-state index in [4.69, 9.17) is 4.74 Å². The van der Waals surface area contributed by atoms with Crippen molar-refractivity contribution in [3.8, 4) is 5.75 Å². The summed E-state index contributed by atoms with van der Waals surface area (Å²) in [6.45, 7) is 3.53. The minimum Gasteiger partial charge on any atom is -0.494 e. The van der Waals surface area contributed by atoms with Crippen molar-refractivity contribution in [1.82, 2.24) is 4.90 Å². The van der Waals surface area contributed by atoms with Crippen molar-refractivity contribution in [3.63, 3.8) is 0 Å². The number of rotatable bonds is 7. The van der Waals surface area contributed by atoms with Gasteiger partial charge in [0.15, 0.2) is 9.84 Å². The summed E-state index contributed by atoms with van der Waals surface area (Å²) in [4.78, 5) is 14.4. The summed E-state index contributed by atoms with van der Waals surface area (Å²) in [6.07, 6.45) is 1.34. The number of hydrogen-bond acceptors (Lipinski definition) is 4. The second-order valence-electron chi connectivity index (χ2n) is 7.13. The van der Waals surface area contributed by atoms with E-state index in [9.17, 15) is 13.2 Å². The summed E-state index contributed by atoms with van der Waals surface area (Å²) < 4.78 is 30.8. The van der Waals surface area contributed by atoms with Crippen LogP contribution in [-0.4, -0.2) is 44.2 Å². The maximum Gasteiger partial charge on any atom is 0.226 e. The third kappa shape index (κ3) is 5.35. The lowest BCUT2D eigenvalue weighted by atomic mass is 10.1. The molecule has 150 valence electrons. The van der Waals surface area contributed by atoms with E-state index in [0.717, 1.165) is 16.9 Å². The van der Waals surface area contributed by atoms with Crippen molar-refractivity contribution in [2.45, 2.75) is 37.2 Å². The second-order valence-corrected chi connectivity index (χ2v) is 9.41. The Hall–Kier alpha value is -2.34. The molecule has 3 rings (SSSR count). The summed E-state index contributed by atoms with van der Waals surface area (Å²) >= 11 is 0. The summed E-state index contributed by atoms with van der Waals surface area (Å²) in [7, 11) is -3.21. The highest BCUT2D eigenvalue weighted by Gasteiger charge is 2.31. The van der Waals surface area contributed by atoms with E-state index in [1.807, 2.05) is 61.5 Å². The van der Waals surface area contributed by atoms with Gasteiger partial charge >= 0.3 is 0 Å². The van der Waals surface area contributed by atoms with Gasteiger partial charge in [-0.1, -0.05) is 42.5 Å². The van der Waals surface area contributed by atoms with Gasteiger partial charge in [-0.15, -0.1) is 0 Å². The molecule has 1 aliphatic heterocycles. The molecule has 5 nitrogen and oxygen atoms in total. The van der Waals surface area contributed by atoms with Crippen LogP contribution in [0.25, 0.3) is 0 Å². The molecule has 6 heteroatoms. The standard InChI is InChI=1S/C22H27NO4S/c1-2-27-20-10-8-18(9-11-20)16-22(24)23-14-12-21(13-15-23)28(25,26)17-19-6-4-3-5-7-19/h3-11,21H,2,12-17H2,1H3. The fraction of sp³-hybridized carbons (Fsp3) is 0.409. The fourth-order valence-corrected chi connectivity index (χ4v) is 5.37. The normalized spacial score (nSPS) is 15.4. The average molecular weight is 402 g/mol. The van der Waals surface area contributed by atoms with Crippen LogP contribution in [0.5, 0.6) is 5.75 Å². The molecule has 2 aromatic carbocycles. The molecule has 28 heavy (non-hydrogen) atoms. The second kappa shape index (κ2) is 9.24. The number of nitrogens with zero attached hydrogens (tertiary/aromatic N) is 1. The lowest BCUT2D eigenvalue weighted by Crippen LogP contribution is -2.43. The molecule has 2 aromatic rings. The Morgan fingerprint density at radius 2 is 1.64 bits per heavy atom. The maximum atomic E-state index is 12.7. The van der Waals surface area contributed by atoms with Crippen LogP contribution in [-0.2, 0) is 26.8 Å². The van der Waals surface area contributed by atoms with Crippen molar-refractivity contribution >= 4 is 15.7 Å². The molecule has 0 radical (unpaired) electrons. The van der Waals surface area contributed by atoms with Gasteiger partial charge in [-0.05, 0) is 43.0 Å². The first-order chi connectivity index (χ1) is 13.5. The minimum absolute atomic E-state index is 0.0445. The maximum absolute atomic E-state index is 12.7. The molecule has 1 amide bonds. The molecule has 0 unspecified atom stereocenters. The van der Waals surface area contributed by atoms with Gasteiger partial charge < -0.3 is 9.64 Å². The number of likely N-dealkylation sites (tertiary alicyclic amines) is 1. The molecule has 0 N–H and O–H groups in total. The molecule has 0 aliphatic carbocycles. The third-order valence-electron chi connectivity index (χ3n) is 5.10. The predicted molar refractivity (Wildman–Crippen MR) is 110 cm³/mol. The Morgan fingerprint density at radius 3 is 2.25 bits per heavy atom. The zero-order chi connectivity index (χ0) is 20.0. The third-order valence-corrected chi connectivity index (χ3v) is 7.33. The van der Waals surface area contributed by atoms with Crippen LogP contribution >= 0.6 is 0 Å². The highest BCUT2D eigenvalue weighted by Crippen LogP contribution is 2.22. The molecule has 1 fully saturated rings. The SMILES string of the molecule is CCOc1ccc(CC(=O)N2CCC(S(=O)(=O)Cc3ccccc3)CC2)cc1. The number of amides is 1. The Bertz CT molecular complexity index is 871. The van der Waals surface area contributed by atoms with Crippen molar-refractivity contribution in [2.75, 3.05) is 19.7 Å². The van der Waals surface area contributed by atoms with E-state index < -0.39 is 9.84 Å². The Labute approximate surface area is 167 Å². The van der Waals surface area contributed by atoms with Crippen LogP contribution in [0.3, 0.4) is 0 Å². The molecule has 1 saturated heterocycles. The van der Waals surface area contributed by atoms with Gasteiger partial charge in [0.05, 0.1) is 24.0 Å². The molecule has 0 saturated carbocycles. The molecule has 0 aromatic heterocycles. The van der Waals surface area contributed by atoms with Gasteiger partial charge in [0.2, 0.25) is 5.91 Å². The van der Waals surface area contributed by atoms with Crippen LogP contribution in [0.2, 0.25) is 0 Å². The number of hydrogen-bond donors (Lipinski definition) is 0. The lowest BCUT2D eigenvalue weighted by molar-refractivity contribution is -0.131. The van der Waals surface area contributed by atoms with Gasteiger partial charge in [-0.3, -0.25) is 4.79 Å². The zero-order valence-electron chi connectivity index (χ0n) is 16.2. The molecule has 0 bridgehead atoms. The number of carbonyl (C=O) groups is 1. The van der Waals surface area contributed by atoms with Crippen molar-refractivity contribution in [2.24, 2.45) is 0 Å². The highest BCUT2D eigenvalue weighted by molar-refractivity contribution is 7.91. The minimum atomic E-state index is -3.21. The Kier molecular flexibility index (Phi) is 6.73. The molecule has 1 aliphatic rings. The monoisotopic (exact) mass is 401 g/mol. The Balaban J connectivity index is 1.52. The van der Waals surface area contributed by atoms with Crippen LogP contribution in [0.4, 0.5) is 0 Å². The summed E-state index contributed by atoms with van der Waals surface area (Å²) in [6, 6.07) is 16.8. The number of carbonyl (C=O) groups excluding carboxylic acids is 1. The van der Waals surface area contributed by atoms with Crippen LogP contribution < -0.4 is 4.74 Å². The summed E-state index contributed by atoms with van der Waals surface area (Å²) in [5, 5.41) is -0.373. The number of ether oxygens (including phenoxy) is 1. The quantitative estimate of drug-likeness (QED) is 0.715. The van der Waals surface area contributed by atoms with Crippen LogP contribution in [0.15, 0.2) is 54.6 Å². The van der Waals surface area contributed by atoms with Gasteiger partial charge in [0.25, 0.3) is 0 Å². The Morgan fingerprint density at radius 1 is 1.00 bits per heavy atom. The first-order valence-corrected chi connectivity index (χ1v) is 11.4. The van der Waals surface area contributed by atoms with Gasteiger partial charge in [0.1, 0.15) is 5.75 Å². The first-order valence-electron chi connectivity index (χ1n) is 9.73. The van der Waals surface area contributed by atoms with E-state index in [1.165, 1.54) is 0 Å². The van der Waals surface area contributed by atoms with Gasteiger partial charge in [0, 0.05) is 13.1 Å². The van der Waals surface area contributed by atoms with E-state index in [-0.39, 0.29) is 16.9 Å². The number of sulfone groups is 1. The van der Waals surface area contributed by atoms with E-state index >= 15 is 0 Å². The topological polar surface area (TPSA) is 63.7 Å². The molecular formula is C22H27NO4S. The summed E-state index contributed by atoms with van der Waals surface area (Å²) in [5.41, 5.74) is 1.75. The smallest absolute Gasteiger partial charge is 0.226 e. The van der Waals surface area contributed by atoms with E-state index in [2.05, 4.69) is 0 Å². The van der Waals surface area contributed by atoms with Crippen molar-refractivity contribution in [3.05, 3.63) is 65.7 Å². The van der Waals surface area contributed by atoms with Crippen molar-refractivity contribution < 1.29 is 17.9 Å². The van der Waals surface area contributed by atoms with Crippen LogP contribution in [0, 0.1) is 0 Å². The molecule has 1 heterocycles. The fourth-order valence-electron chi connectivity index (χ4n) is 3.55. The van der Waals surface area contributed by atoms with Crippen LogP contribution in [0.1, 0.15) is 30.9 Å². The molecule has 0 spiro atoms. The summed E-state index contributed by atoms with van der Waals surface area (Å²) in [5.74, 6) is 0.907. The van der Waals surface area contributed by atoms with Crippen molar-refractivity contribution in [1.29, 1.82) is 0 Å². The van der Waals surface area contributed by atoms with Gasteiger partial charge in [-0.2, -0.15) is 0 Å². The van der Waals surface area contributed by atoms with E-state index in [0.29, 0.717) is 39.0 Å². The van der Waals surface area contributed by atoms with Gasteiger partial charge in [-0.25, -0.2) is 8.42 Å². The zero-order valence-corrected chi connectivity index (χ0v) is 17.0. The highest BCUT2D eigenvalue weighted by atomic mass is 32.2. The number of benzene rings is 2. The number of piperidine rings is 1. The first kappa shape index (κ1) is 20.4. The molecular weight excluding hydrogens is 374 g/mol. The average Bonchev–Trinajstić information content (AvgIpc) is 2.70.